The summed E-state index contributed by atoms with van der Waals surface area (Å²) in [6.45, 7) is 4.54. The molecule has 120 valence electrons. The number of piperidine rings is 1. The Morgan fingerprint density at radius 1 is 1.23 bits per heavy atom. The Morgan fingerprint density at radius 2 is 1.95 bits per heavy atom. The van der Waals surface area contributed by atoms with Crippen LogP contribution in [0.2, 0.25) is 0 Å². The Morgan fingerprint density at radius 3 is 2.73 bits per heavy atom. The summed E-state index contributed by atoms with van der Waals surface area (Å²) in [5, 5.41) is 0. The van der Waals surface area contributed by atoms with Crippen molar-refractivity contribution in [1.82, 2.24) is 14.9 Å². The fourth-order valence-corrected chi connectivity index (χ4v) is 4.20. The smallest absolute Gasteiger partial charge is 0.339 e. The molecule has 1 aliphatic heterocycles. The lowest BCUT2D eigenvalue weighted by molar-refractivity contribution is -0.136. The molecule has 1 aromatic rings. The molecule has 1 saturated heterocycles. The molecule has 2 fully saturated rings. The monoisotopic (exact) mass is 303 g/mol. The number of H-pyrrole nitrogens is 1. The first-order chi connectivity index (χ1) is 10.6. The zero-order chi connectivity index (χ0) is 15.7. The van der Waals surface area contributed by atoms with Gasteiger partial charge in [-0.15, -0.1) is 0 Å². The number of aryl methyl sites for hydroxylation is 2. The number of hydrogen-bond acceptors (Lipinski definition) is 3. The molecule has 3 rings (SSSR count). The van der Waals surface area contributed by atoms with Gasteiger partial charge in [-0.05, 0) is 45.4 Å². The van der Waals surface area contributed by atoms with Crippen molar-refractivity contribution in [1.29, 1.82) is 0 Å². The van der Waals surface area contributed by atoms with Gasteiger partial charge in [-0.25, -0.2) is 4.79 Å². The second-order valence-corrected chi connectivity index (χ2v) is 6.75. The van der Waals surface area contributed by atoms with Gasteiger partial charge in [0, 0.05) is 29.5 Å². The van der Waals surface area contributed by atoms with Crippen LogP contribution in [0.15, 0.2) is 4.79 Å². The van der Waals surface area contributed by atoms with Crippen LogP contribution in [0.25, 0.3) is 0 Å². The van der Waals surface area contributed by atoms with E-state index in [4.69, 9.17) is 0 Å². The highest BCUT2D eigenvalue weighted by atomic mass is 16.2. The Kier molecular flexibility index (Phi) is 4.32. The zero-order valence-corrected chi connectivity index (χ0v) is 13.5. The molecule has 1 N–H and O–H groups in total. The molecule has 0 aromatic carbocycles. The molecule has 1 saturated carbocycles. The third-order valence-electron chi connectivity index (χ3n) is 5.34. The van der Waals surface area contributed by atoms with E-state index in [0.717, 1.165) is 30.6 Å². The fraction of sp³-hybridized carbons (Fsp3) is 0.706. The van der Waals surface area contributed by atoms with E-state index in [9.17, 15) is 9.59 Å². The van der Waals surface area contributed by atoms with Crippen LogP contribution in [0.5, 0.6) is 0 Å². The van der Waals surface area contributed by atoms with Gasteiger partial charge in [0.15, 0.2) is 0 Å². The number of amides is 1. The van der Waals surface area contributed by atoms with Gasteiger partial charge in [0.05, 0.1) is 6.42 Å². The number of nitrogens with zero attached hydrogens (tertiary/aromatic N) is 2. The molecule has 0 radical (unpaired) electrons. The second-order valence-electron chi connectivity index (χ2n) is 6.75. The van der Waals surface area contributed by atoms with E-state index >= 15 is 0 Å². The van der Waals surface area contributed by atoms with Gasteiger partial charge in [-0.1, -0.05) is 12.8 Å². The largest absolute Gasteiger partial charge is 0.345 e. The molecular weight excluding hydrogens is 278 g/mol. The molecule has 1 amide bonds. The Balaban J connectivity index is 1.78. The summed E-state index contributed by atoms with van der Waals surface area (Å²) in [6, 6.07) is 0.436. The molecule has 5 nitrogen and oxygen atoms in total. The van der Waals surface area contributed by atoms with Crippen LogP contribution in [-0.2, 0) is 11.2 Å². The molecule has 2 atom stereocenters. The van der Waals surface area contributed by atoms with E-state index in [0.29, 0.717) is 24.1 Å². The Bertz CT molecular complexity index is 595. The van der Waals surface area contributed by atoms with Crippen LogP contribution < -0.4 is 5.69 Å². The van der Waals surface area contributed by atoms with Crippen LogP contribution >= 0.6 is 0 Å². The standard InChI is InChI=1S/C17H25N3O2/c1-11-14(12(2)19-17(22)18-11)10-16(21)20-9-5-7-13-6-3-4-8-15(13)20/h13,15H,3-10H2,1-2H3,(H,18,19,22)/t13-,15-/m1/s1. The van der Waals surface area contributed by atoms with Gasteiger partial charge in [0.1, 0.15) is 0 Å². The summed E-state index contributed by atoms with van der Waals surface area (Å²) in [7, 11) is 0. The molecule has 0 bridgehead atoms. The minimum Gasteiger partial charge on any atom is -0.339 e. The molecule has 1 aromatic heterocycles. The number of aromatic amines is 1. The van der Waals surface area contributed by atoms with Crippen LogP contribution in [-0.4, -0.2) is 33.4 Å². The van der Waals surface area contributed by atoms with Crippen LogP contribution in [0.1, 0.15) is 55.5 Å². The van der Waals surface area contributed by atoms with Gasteiger partial charge < -0.3 is 9.88 Å². The average Bonchev–Trinajstić information content (AvgIpc) is 2.50. The van der Waals surface area contributed by atoms with Gasteiger partial charge in [0.2, 0.25) is 5.91 Å². The number of likely N-dealkylation sites (tertiary alicyclic amines) is 1. The van der Waals surface area contributed by atoms with Gasteiger partial charge in [-0.3, -0.25) is 4.79 Å². The van der Waals surface area contributed by atoms with E-state index in [-0.39, 0.29) is 11.6 Å². The van der Waals surface area contributed by atoms with Crippen LogP contribution in [0, 0.1) is 19.8 Å². The predicted molar refractivity (Wildman–Crippen MR) is 84.7 cm³/mol. The Hall–Kier alpha value is -1.65. The van der Waals surface area contributed by atoms with Crippen LogP contribution in [0.4, 0.5) is 0 Å². The fourth-order valence-electron chi connectivity index (χ4n) is 4.20. The summed E-state index contributed by atoms with van der Waals surface area (Å²) < 4.78 is 0. The highest BCUT2D eigenvalue weighted by molar-refractivity contribution is 5.79. The second kappa shape index (κ2) is 6.23. The molecule has 0 unspecified atom stereocenters. The molecular formula is C17H25N3O2. The number of rotatable bonds is 2. The maximum Gasteiger partial charge on any atom is 0.345 e. The van der Waals surface area contributed by atoms with Crippen molar-refractivity contribution in [3.63, 3.8) is 0 Å². The van der Waals surface area contributed by atoms with Crippen LogP contribution in [0.3, 0.4) is 0 Å². The van der Waals surface area contributed by atoms with E-state index < -0.39 is 0 Å². The van der Waals surface area contributed by atoms with Crippen molar-refractivity contribution in [2.24, 2.45) is 5.92 Å². The summed E-state index contributed by atoms with van der Waals surface area (Å²) >= 11 is 0. The topological polar surface area (TPSA) is 66.1 Å². The lowest BCUT2D eigenvalue weighted by atomic mass is 9.78. The van der Waals surface area contributed by atoms with Crippen molar-refractivity contribution >= 4 is 5.91 Å². The first-order valence-electron chi connectivity index (χ1n) is 8.42. The minimum absolute atomic E-state index is 0.191. The molecule has 2 aliphatic rings. The number of nitrogens with one attached hydrogen (secondary N) is 1. The van der Waals surface area contributed by atoms with Crippen molar-refractivity contribution in [3.05, 3.63) is 27.4 Å². The third kappa shape index (κ3) is 2.94. The highest BCUT2D eigenvalue weighted by Gasteiger charge is 2.35. The average molecular weight is 303 g/mol. The van der Waals surface area contributed by atoms with E-state index in [1.54, 1.807) is 0 Å². The summed E-state index contributed by atoms with van der Waals surface area (Å²) in [5.74, 6) is 0.888. The number of fused-ring (bicyclic) bond motifs is 1. The molecule has 2 heterocycles. The first-order valence-corrected chi connectivity index (χ1v) is 8.42. The quantitative estimate of drug-likeness (QED) is 0.910. The van der Waals surface area contributed by atoms with Crippen molar-refractivity contribution in [2.75, 3.05) is 6.54 Å². The number of carbonyl (C=O) groups excluding carboxylic acids is 1. The Labute approximate surface area is 131 Å². The number of aromatic nitrogens is 2. The maximum absolute atomic E-state index is 12.8. The van der Waals surface area contributed by atoms with Gasteiger partial charge >= 0.3 is 5.69 Å². The predicted octanol–water partition coefficient (Wildman–Crippen LogP) is 2.11. The normalized spacial score (nSPS) is 24.9. The summed E-state index contributed by atoms with van der Waals surface area (Å²) in [5.41, 5.74) is 1.98. The number of hydrogen-bond donors (Lipinski definition) is 1. The first kappa shape index (κ1) is 15.3. The van der Waals surface area contributed by atoms with E-state index in [1.165, 1.54) is 25.7 Å². The SMILES string of the molecule is Cc1nc(=O)[nH]c(C)c1CC(=O)N1CCC[C@H]2CCCC[C@H]21. The van der Waals surface area contributed by atoms with Gasteiger partial charge in [0.25, 0.3) is 0 Å². The van der Waals surface area contributed by atoms with E-state index in [1.807, 2.05) is 13.8 Å². The lowest BCUT2D eigenvalue weighted by Crippen LogP contribution is -2.50. The summed E-state index contributed by atoms with van der Waals surface area (Å²) in [6.07, 6.45) is 7.71. The maximum atomic E-state index is 12.8. The van der Waals surface area contributed by atoms with Crippen molar-refractivity contribution < 1.29 is 4.79 Å². The molecule has 0 spiro atoms. The number of carbonyl (C=O) groups is 1. The minimum atomic E-state index is -0.337. The lowest BCUT2D eigenvalue weighted by Gasteiger charge is -2.44. The molecule has 5 heteroatoms. The van der Waals surface area contributed by atoms with Crippen molar-refractivity contribution in [2.45, 2.75) is 64.8 Å². The van der Waals surface area contributed by atoms with E-state index in [2.05, 4.69) is 14.9 Å². The molecule has 1 aliphatic carbocycles. The van der Waals surface area contributed by atoms with Gasteiger partial charge in [-0.2, -0.15) is 4.98 Å². The highest BCUT2D eigenvalue weighted by Crippen LogP contribution is 2.35. The third-order valence-corrected chi connectivity index (χ3v) is 5.34. The molecule has 22 heavy (non-hydrogen) atoms. The zero-order valence-electron chi connectivity index (χ0n) is 13.5. The summed E-state index contributed by atoms with van der Waals surface area (Å²) in [4.78, 5) is 32.9. The van der Waals surface area contributed by atoms with Crippen molar-refractivity contribution in [3.8, 4) is 0 Å².